The van der Waals surface area contributed by atoms with Crippen molar-refractivity contribution >= 4 is 23.1 Å². The van der Waals surface area contributed by atoms with Crippen LogP contribution in [0.4, 0.5) is 23.1 Å². The van der Waals surface area contributed by atoms with Crippen LogP contribution in [0.2, 0.25) is 0 Å². The Bertz CT molecular complexity index is 1050. The SMILES string of the molecule is Cc1cccc(N2CCN(c3nncc(Nc4ccccc4C#N)n3)CC2)c1C. The van der Waals surface area contributed by atoms with E-state index in [-0.39, 0.29) is 0 Å². The summed E-state index contributed by atoms with van der Waals surface area (Å²) in [5.41, 5.74) is 5.22. The second-order valence-corrected chi connectivity index (χ2v) is 7.12. The number of anilines is 4. The van der Waals surface area contributed by atoms with Gasteiger partial charge in [-0.3, -0.25) is 0 Å². The van der Waals surface area contributed by atoms with E-state index in [0.29, 0.717) is 23.0 Å². The summed E-state index contributed by atoms with van der Waals surface area (Å²) in [5.74, 6) is 1.18. The maximum absolute atomic E-state index is 9.26. The molecular weight excluding hydrogens is 362 g/mol. The minimum atomic E-state index is 0.565. The van der Waals surface area contributed by atoms with E-state index in [0.717, 1.165) is 26.2 Å². The topological polar surface area (TPSA) is 81.0 Å². The molecule has 0 amide bonds. The number of piperazine rings is 1. The number of nitrogens with zero attached hydrogens (tertiary/aromatic N) is 6. The summed E-state index contributed by atoms with van der Waals surface area (Å²) in [5, 5.41) is 20.8. The minimum absolute atomic E-state index is 0.565. The van der Waals surface area contributed by atoms with Crippen LogP contribution in [0.3, 0.4) is 0 Å². The van der Waals surface area contributed by atoms with E-state index in [4.69, 9.17) is 0 Å². The van der Waals surface area contributed by atoms with Crippen LogP contribution < -0.4 is 15.1 Å². The molecule has 1 N–H and O–H groups in total. The first-order valence-corrected chi connectivity index (χ1v) is 9.67. The van der Waals surface area contributed by atoms with Crippen LogP contribution >= 0.6 is 0 Å². The summed E-state index contributed by atoms with van der Waals surface area (Å²) < 4.78 is 0. The van der Waals surface area contributed by atoms with Crippen molar-refractivity contribution in [1.29, 1.82) is 5.26 Å². The van der Waals surface area contributed by atoms with Gasteiger partial charge in [0.1, 0.15) is 6.07 Å². The first-order chi connectivity index (χ1) is 14.2. The van der Waals surface area contributed by atoms with Crippen molar-refractivity contribution in [3.05, 3.63) is 65.4 Å². The molecule has 2 aromatic carbocycles. The lowest BCUT2D eigenvalue weighted by Gasteiger charge is -2.36. The van der Waals surface area contributed by atoms with Crippen molar-refractivity contribution in [1.82, 2.24) is 15.2 Å². The molecule has 0 unspecified atom stereocenters. The largest absolute Gasteiger partial charge is 0.368 e. The molecule has 0 radical (unpaired) electrons. The van der Waals surface area contributed by atoms with E-state index < -0.39 is 0 Å². The average molecular weight is 385 g/mol. The van der Waals surface area contributed by atoms with Gasteiger partial charge in [-0.2, -0.15) is 15.3 Å². The Morgan fingerprint density at radius 3 is 2.52 bits per heavy atom. The number of benzene rings is 2. The quantitative estimate of drug-likeness (QED) is 0.737. The zero-order valence-corrected chi connectivity index (χ0v) is 16.6. The number of nitriles is 1. The number of para-hydroxylation sites is 1. The van der Waals surface area contributed by atoms with Gasteiger partial charge in [0.05, 0.1) is 17.4 Å². The molecular formula is C22H23N7. The van der Waals surface area contributed by atoms with Crippen LogP contribution in [-0.4, -0.2) is 41.4 Å². The summed E-state index contributed by atoms with van der Waals surface area (Å²) in [6.07, 6.45) is 1.57. The molecule has 7 heteroatoms. The molecule has 146 valence electrons. The Labute approximate surface area is 170 Å². The third kappa shape index (κ3) is 3.97. The highest BCUT2D eigenvalue weighted by Gasteiger charge is 2.21. The van der Waals surface area contributed by atoms with Crippen molar-refractivity contribution in [2.45, 2.75) is 13.8 Å². The zero-order valence-electron chi connectivity index (χ0n) is 16.6. The third-order valence-electron chi connectivity index (χ3n) is 5.34. The second-order valence-electron chi connectivity index (χ2n) is 7.12. The van der Waals surface area contributed by atoms with Crippen molar-refractivity contribution in [2.75, 3.05) is 41.3 Å². The molecule has 1 saturated heterocycles. The molecule has 0 bridgehead atoms. The summed E-state index contributed by atoms with van der Waals surface area (Å²) in [6.45, 7) is 7.79. The maximum Gasteiger partial charge on any atom is 0.247 e. The average Bonchev–Trinajstić information content (AvgIpc) is 2.76. The Morgan fingerprint density at radius 2 is 1.72 bits per heavy atom. The summed E-state index contributed by atoms with van der Waals surface area (Å²) in [7, 11) is 0. The second kappa shape index (κ2) is 8.15. The molecule has 2 heterocycles. The number of aromatic nitrogens is 3. The molecule has 1 aliphatic rings. The lowest BCUT2D eigenvalue weighted by Crippen LogP contribution is -2.47. The fraction of sp³-hybridized carbons (Fsp3) is 0.273. The number of aryl methyl sites for hydroxylation is 1. The van der Waals surface area contributed by atoms with Gasteiger partial charge in [-0.05, 0) is 43.2 Å². The van der Waals surface area contributed by atoms with Crippen LogP contribution in [0, 0.1) is 25.2 Å². The highest BCUT2D eigenvalue weighted by Crippen LogP contribution is 2.25. The van der Waals surface area contributed by atoms with Gasteiger partial charge < -0.3 is 15.1 Å². The number of rotatable bonds is 4. The van der Waals surface area contributed by atoms with Crippen LogP contribution in [0.15, 0.2) is 48.7 Å². The summed E-state index contributed by atoms with van der Waals surface area (Å²) in [6, 6.07) is 16.0. The van der Waals surface area contributed by atoms with Crippen molar-refractivity contribution in [3.8, 4) is 6.07 Å². The van der Waals surface area contributed by atoms with Gasteiger partial charge in [-0.25, -0.2) is 0 Å². The Hall–Kier alpha value is -3.66. The molecule has 1 aromatic heterocycles. The normalized spacial score (nSPS) is 13.8. The predicted molar refractivity (Wildman–Crippen MR) is 115 cm³/mol. The molecule has 0 saturated carbocycles. The minimum Gasteiger partial charge on any atom is -0.368 e. The van der Waals surface area contributed by atoms with Crippen molar-refractivity contribution < 1.29 is 0 Å². The fourth-order valence-electron chi connectivity index (χ4n) is 3.54. The standard InChI is InChI=1S/C22H23N7/c1-16-6-5-9-20(17(16)2)28-10-12-29(13-11-28)22-26-21(15-24-27-22)25-19-8-4-3-7-18(19)14-23/h3-9,15H,10-13H2,1-2H3,(H,25,26,27). The molecule has 0 atom stereocenters. The van der Waals surface area contributed by atoms with Crippen LogP contribution in [0.25, 0.3) is 0 Å². The maximum atomic E-state index is 9.26. The van der Waals surface area contributed by atoms with E-state index in [1.165, 1.54) is 16.8 Å². The van der Waals surface area contributed by atoms with Gasteiger partial charge in [0.15, 0.2) is 5.82 Å². The number of hydrogen-bond acceptors (Lipinski definition) is 7. The van der Waals surface area contributed by atoms with Crippen molar-refractivity contribution in [3.63, 3.8) is 0 Å². The monoisotopic (exact) mass is 385 g/mol. The lowest BCUT2D eigenvalue weighted by molar-refractivity contribution is 0.634. The number of hydrogen-bond donors (Lipinski definition) is 1. The molecule has 1 fully saturated rings. The molecule has 0 aliphatic carbocycles. The molecule has 29 heavy (non-hydrogen) atoms. The Kier molecular flexibility index (Phi) is 5.25. The van der Waals surface area contributed by atoms with Gasteiger partial charge in [-0.15, -0.1) is 5.10 Å². The number of nitrogens with one attached hydrogen (secondary N) is 1. The van der Waals surface area contributed by atoms with Gasteiger partial charge >= 0.3 is 0 Å². The van der Waals surface area contributed by atoms with Crippen LogP contribution in [-0.2, 0) is 0 Å². The Balaban J connectivity index is 1.46. The Morgan fingerprint density at radius 1 is 0.966 bits per heavy atom. The first-order valence-electron chi connectivity index (χ1n) is 9.67. The predicted octanol–water partition coefficient (Wildman–Crippen LogP) is 3.43. The van der Waals surface area contributed by atoms with E-state index in [1.807, 2.05) is 18.2 Å². The van der Waals surface area contributed by atoms with Gasteiger partial charge in [-0.1, -0.05) is 24.3 Å². The molecule has 3 aromatic rings. The van der Waals surface area contributed by atoms with Crippen LogP contribution in [0.5, 0.6) is 0 Å². The molecule has 7 nitrogen and oxygen atoms in total. The highest BCUT2D eigenvalue weighted by molar-refractivity contribution is 5.64. The van der Waals surface area contributed by atoms with Gasteiger partial charge in [0.25, 0.3) is 0 Å². The summed E-state index contributed by atoms with van der Waals surface area (Å²) in [4.78, 5) is 9.17. The third-order valence-corrected chi connectivity index (χ3v) is 5.34. The first kappa shape index (κ1) is 18.7. The zero-order chi connectivity index (χ0) is 20.2. The molecule has 1 aliphatic heterocycles. The van der Waals surface area contributed by atoms with E-state index in [9.17, 15) is 5.26 Å². The lowest BCUT2D eigenvalue weighted by atomic mass is 10.1. The van der Waals surface area contributed by atoms with Gasteiger partial charge in [0.2, 0.25) is 5.95 Å². The van der Waals surface area contributed by atoms with E-state index >= 15 is 0 Å². The van der Waals surface area contributed by atoms with E-state index in [2.05, 4.69) is 68.4 Å². The van der Waals surface area contributed by atoms with E-state index in [1.54, 1.807) is 12.3 Å². The van der Waals surface area contributed by atoms with Gasteiger partial charge in [0, 0.05) is 31.9 Å². The van der Waals surface area contributed by atoms with Crippen LogP contribution in [0.1, 0.15) is 16.7 Å². The van der Waals surface area contributed by atoms with Crippen molar-refractivity contribution in [2.24, 2.45) is 0 Å². The fourth-order valence-corrected chi connectivity index (χ4v) is 3.54. The highest BCUT2D eigenvalue weighted by atomic mass is 15.4. The summed E-state index contributed by atoms with van der Waals surface area (Å²) >= 11 is 0. The molecule has 4 rings (SSSR count). The smallest absolute Gasteiger partial charge is 0.247 e. The molecule has 0 spiro atoms.